The lowest BCUT2D eigenvalue weighted by Crippen LogP contribution is -2.30. The molecule has 134 valence electrons. The van der Waals surface area contributed by atoms with E-state index in [9.17, 15) is 18.0 Å². The Morgan fingerprint density at radius 1 is 1.28 bits per heavy atom. The second-order valence-corrected chi connectivity index (χ2v) is 6.36. The molecule has 0 saturated carbocycles. The minimum atomic E-state index is -4.54. The molecule has 1 atom stereocenters. The summed E-state index contributed by atoms with van der Waals surface area (Å²) in [5.41, 5.74) is -0.155. The van der Waals surface area contributed by atoms with E-state index in [1.807, 2.05) is 12.1 Å². The van der Waals surface area contributed by atoms with Crippen molar-refractivity contribution in [3.8, 4) is 5.75 Å². The van der Waals surface area contributed by atoms with Crippen molar-refractivity contribution in [1.29, 1.82) is 0 Å². The van der Waals surface area contributed by atoms with Crippen molar-refractivity contribution in [1.82, 2.24) is 15.3 Å². The third kappa shape index (κ3) is 5.63. The molecule has 5 nitrogen and oxygen atoms in total. The normalized spacial score (nSPS) is 12.5. The number of thioether (sulfide) groups is 1. The number of ether oxygens (including phenoxy) is 1. The Morgan fingerprint density at radius 2 is 1.96 bits per heavy atom. The molecule has 0 aliphatic carbocycles. The quantitative estimate of drug-likeness (QED) is 0.624. The summed E-state index contributed by atoms with van der Waals surface area (Å²) in [5, 5.41) is 1.99. The van der Waals surface area contributed by atoms with Crippen molar-refractivity contribution in [3.05, 3.63) is 47.8 Å². The monoisotopic (exact) mass is 371 g/mol. The van der Waals surface area contributed by atoms with Crippen LogP contribution in [-0.2, 0) is 17.5 Å². The van der Waals surface area contributed by atoms with E-state index in [1.54, 1.807) is 26.2 Å². The first-order chi connectivity index (χ1) is 11.8. The highest BCUT2D eigenvalue weighted by molar-refractivity contribution is 8.00. The molecule has 2 aromatic rings. The van der Waals surface area contributed by atoms with Gasteiger partial charge in [0.2, 0.25) is 5.91 Å². The van der Waals surface area contributed by atoms with Crippen LogP contribution in [-0.4, -0.2) is 28.2 Å². The van der Waals surface area contributed by atoms with Crippen LogP contribution >= 0.6 is 11.8 Å². The Kier molecular flexibility index (Phi) is 6.24. The smallest absolute Gasteiger partial charge is 0.433 e. The predicted octanol–water partition coefficient (Wildman–Crippen LogP) is 3.30. The molecule has 25 heavy (non-hydrogen) atoms. The largest absolute Gasteiger partial charge is 0.497 e. The van der Waals surface area contributed by atoms with Gasteiger partial charge in [0.05, 0.1) is 12.4 Å². The number of methoxy groups -OCH3 is 1. The Bertz CT molecular complexity index is 723. The third-order valence-corrected chi connectivity index (χ3v) is 4.18. The summed E-state index contributed by atoms with van der Waals surface area (Å²) in [6.07, 6.45) is -3.52. The number of rotatable bonds is 6. The van der Waals surface area contributed by atoms with Gasteiger partial charge in [-0.25, -0.2) is 9.97 Å². The van der Waals surface area contributed by atoms with E-state index < -0.39 is 17.1 Å². The van der Waals surface area contributed by atoms with Crippen LogP contribution in [0, 0.1) is 0 Å². The van der Waals surface area contributed by atoms with E-state index in [0.717, 1.165) is 29.6 Å². The van der Waals surface area contributed by atoms with Gasteiger partial charge in [-0.3, -0.25) is 4.79 Å². The zero-order valence-electron chi connectivity index (χ0n) is 13.5. The highest BCUT2D eigenvalue weighted by atomic mass is 32.2. The van der Waals surface area contributed by atoms with E-state index in [4.69, 9.17) is 4.74 Å². The molecule has 0 aliphatic rings. The lowest BCUT2D eigenvalue weighted by molar-refractivity contribution is -0.141. The number of hydrogen-bond acceptors (Lipinski definition) is 5. The Morgan fingerprint density at radius 3 is 2.56 bits per heavy atom. The molecule has 1 unspecified atom stereocenters. The summed E-state index contributed by atoms with van der Waals surface area (Å²) in [7, 11) is 1.56. The number of hydrogen-bond donors (Lipinski definition) is 1. The molecule has 1 aromatic carbocycles. The topological polar surface area (TPSA) is 64.1 Å². The van der Waals surface area contributed by atoms with Crippen LogP contribution < -0.4 is 10.1 Å². The minimum absolute atomic E-state index is 0.0954. The van der Waals surface area contributed by atoms with Crippen molar-refractivity contribution in [2.24, 2.45) is 0 Å². The summed E-state index contributed by atoms with van der Waals surface area (Å²) >= 11 is 0.869. The van der Waals surface area contributed by atoms with Crippen LogP contribution in [0.4, 0.5) is 13.2 Å². The summed E-state index contributed by atoms with van der Waals surface area (Å²) in [4.78, 5) is 19.3. The molecule has 9 heteroatoms. The molecule has 0 spiro atoms. The molecular weight excluding hydrogens is 355 g/mol. The standard InChI is InChI=1S/C16H16F3N3O2S/c1-10(25-15-20-8-7-13(22-15)16(17,18)19)14(23)21-9-11-3-5-12(24-2)6-4-11/h3-8,10H,9H2,1-2H3,(H,21,23). The SMILES string of the molecule is COc1ccc(CNC(=O)C(C)Sc2nccc(C(F)(F)F)n2)cc1. The van der Waals surface area contributed by atoms with Gasteiger partial charge in [-0.05, 0) is 30.7 Å². The molecule has 0 fully saturated rings. The van der Waals surface area contributed by atoms with Crippen LogP contribution in [0.25, 0.3) is 0 Å². The summed E-state index contributed by atoms with van der Waals surface area (Å²) in [6.45, 7) is 1.88. The number of carbonyl (C=O) groups excluding carboxylic acids is 1. The molecule has 1 aromatic heterocycles. The molecule has 1 heterocycles. The third-order valence-electron chi connectivity index (χ3n) is 3.20. The zero-order valence-corrected chi connectivity index (χ0v) is 14.3. The van der Waals surface area contributed by atoms with Crippen molar-refractivity contribution in [2.75, 3.05) is 7.11 Å². The van der Waals surface area contributed by atoms with Crippen LogP contribution in [0.15, 0.2) is 41.7 Å². The average Bonchev–Trinajstić information content (AvgIpc) is 2.59. The first-order valence-electron chi connectivity index (χ1n) is 7.27. The second kappa shape index (κ2) is 8.19. The van der Waals surface area contributed by atoms with Crippen LogP contribution in [0.1, 0.15) is 18.2 Å². The minimum Gasteiger partial charge on any atom is -0.497 e. The van der Waals surface area contributed by atoms with Gasteiger partial charge in [0.1, 0.15) is 11.4 Å². The molecule has 0 bridgehead atoms. The molecule has 1 amide bonds. The van der Waals surface area contributed by atoms with E-state index in [-0.39, 0.29) is 11.1 Å². The molecule has 2 rings (SSSR count). The number of amides is 1. The van der Waals surface area contributed by atoms with E-state index in [2.05, 4.69) is 15.3 Å². The maximum atomic E-state index is 12.6. The highest BCUT2D eigenvalue weighted by Gasteiger charge is 2.33. The van der Waals surface area contributed by atoms with Gasteiger partial charge in [0.25, 0.3) is 0 Å². The number of benzene rings is 1. The van der Waals surface area contributed by atoms with Crippen molar-refractivity contribution >= 4 is 17.7 Å². The summed E-state index contributed by atoms with van der Waals surface area (Å²) < 4.78 is 43.0. The van der Waals surface area contributed by atoms with Crippen molar-refractivity contribution in [3.63, 3.8) is 0 Å². The molecule has 0 radical (unpaired) electrons. The maximum absolute atomic E-state index is 12.6. The van der Waals surface area contributed by atoms with Crippen molar-refractivity contribution < 1.29 is 22.7 Å². The van der Waals surface area contributed by atoms with E-state index >= 15 is 0 Å². The number of nitrogens with one attached hydrogen (secondary N) is 1. The van der Waals surface area contributed by atoms with Gasteiger partial charge in [0, 0.05) is 12.7 Å². The fourth-order valence-electron chi connectivity index (χ4n) is 1.84. The number of alkyl halides is 3. The average molecular weight is 371 g/mol. The highest BCUT2D eigenvalue weighted by Crippen LogP contribution is 2.29. The Hall–Kier alpha value is -2.29. The number of nitrogens with zero attached hydrogens (tertiary/aromatic N) is 2. The molecule has 0 aliphatic heterocycles. The predicted molar refractivity (Wildman–Crippen MR) is 87.2 cm³/mol. The summed E-state index contributed by atoms with van der Waals surface area (Å²) in [6, 6.07) is 7.96. The summed E-state index contributed by atoms with van der Waals surface area (Å²) in [5.74, 6) is 0.391. The Balaban J connectivity index is 1.91. The maximum Gasteiger partial charge on any atom is 0.433 e. The number of carbonyl (C=O) groups is 1. The first kappa shape index (κ1) is 19.0. The molecule has 1 N–H and O–H groups in total. The van der Waals surface area contributed by atoms with Crippen LogP contribution in [0.5, 0.6) is 5.75 Å². The van der Waals surface area contributed by atoms with Gasteiger partial charge in [-0.2, -0.15) is 13.2 Å². The number of aromatic nitrogens is 2. The lowest BCUT2D eigenvalue weighted by Gasteiger charge is -2.12. The van der Waals surface area contributed by atoms with E-state index in [1.165, 1.54) is 0 Å². The van der Waals surface area contributed by atoms with E-state index in [0.29, 0.717) is 12.3 Å². The lowest BCUT2D eigenvalue weighted by atomic mass is 10.2. The first-order valence-corrected chi connectivity index (χ1v) is 8.15. The second-order valence-electron chi connectivity index (χ2n) is 5.05. The molecule has 0 saturated heterocycles. The Labute approximate surface area is 147 Å². The van der Waals surface area contributed by atoms with Gasteiger partial charge >= 0.3 is 6.18 Å². The number of halogens is 3. The fourth-order valence-corrected chi connectivity index (χ4v) is 2.62. The van der Waals surface area contributed by atoms with Crippen LogP contribution in [0.2, 0.25) is 0 Å². The van der Waals surface area contributed by atoms with Gasteiger partial charge in [-0.1, -0.05) is 23.9 Å². The van der Waals surface area contributed by atoms with Crippen molar-refractivity contribution in [2.45, 2.75) is 30.1 Å². The van der Waals surface area contributed by atoms with Gasteiger partial charge in [0.15, 0.2) is 5.16 Å². The molecular formula is C16H16F3N3O2S. The fraction of sp³-hybridized carbons (Fsp3) is 0.312. The van der Waals surface area contributed by atoms with Crippen LogP contribution in [0.3, 0.4) is 0 Å². The zero-order chi connectivity index (χ0) is 18.4. The van der Waals surface area contributed by atoms with Gasteiger partial charge in [-0.15, -0.1) is 0 Å². The van der Waals surface area contributed by atoms with Gasteiger partial charge < -0.3 is 10.1 Å².